The van der Waals surface area contributed by atoms with Crippen LogP contribution in [-0.4, -0.2) is 25.0 Å². The molecule has 2 heterocycles. The molecule has 5 heteroatoms. The van der Waals surface area contributed by atoms with Gasteiger partial charge in [0, 0.05) is 0 Å². The lowest BCUT2D eigenvalue weighted by molar-refractivity contribution is 0.539. The van der Waals surface area contributed by atoms with Gasteiger partial charge in [0.2, 0.25) is 0 Å². The molecule has 0 aliphatic carbocycles. The molecule has 1 atom stereocenters. The number of rotatable bonds is 2. The minimum Gasteiger partial charge on any atom is -0.340 e. The maximum Gasteiger partial charge on any atom is 0.132 e. The Kier molecular flexibility index (Phi) is 2.32. The molecule has 0 amide bonds. The third-order valence-corrected chi connectivity index (χ3v) is 3.55. The second-order valence-corrected chi connectivity index (χ2v) is 4.84. The molecule has 4 rings (SSSR count). The standard InChI is InChI=1S/C15H13N5/c1-10(15-16-11-6-2-3-7-12(11)17-15)20-14-9-5-4-8-13(14)18-19-20/h2-10H,1H3,(H,16,17). The number of fused-ring (bicyclic) bond motifs is 2. The van der Waals surface area contributed by atoms with Crippen molar-refractivity contribution in [3.8, 4) is 0 Å². The van der Waals surface area contributed by atoms with Crippen molar-refractivity contribution >= 4 is 22.1 Å². The number of benzene rings is 2. The summed E-state index contributed by atoms with van der Waals surface area (Å²) in [6.07, 6.45) is 0. The van der Waals surface area contributed by atoms with E-state index in [1.165, 1.54) is 0 Å². The van der Waals surface area contributed by atoms with Gasteiger partial charge < -0.3 is 4.98 Å². The first-order valence-corrected chi connectivity index (χ1v) is 6.57. The molecule has 0 saturated heterocycles. The SMILES string of the molecule is CC(c1nc2ccccc2[nH]1)n1nnc2ccccc21. The highest BCUT2D eigenvalue weighted by atomic mass is 15.4. The Morgan fingerprint density at radius 3 is 2.60 bits per heavy atom. The Morgan fingerprint density at radius 1 is 1.00 bits per heavy atom. The number of hydrogen-bond acceptors (Lipinski definition) is 3. The van der Waals surface area contributed by atoms with E-state index in [1.54, 1.807) is 0 Å². The fourth-order valence-corrected chi connectivity index (χ4v) is 2.46. The zero-order chi connectivity index (χ0) is 13.5. The van der Waals surface area contributed by atoms with Crippen LogP contribution in [0, 0.1) is 0 Å². The normalized spacial score (nSPS) is 13.1. The summed E-state index contributed by atoms with van der Waals surface area (Å²) in [6.45, 7) is 2.07. The highest BCUT2D eigenvalue weighted by molar-refractivity contribution is 5.76. The van der Waals surface area contributed by atoms with Gasteiger partial charge in [-0.2, -0.15) is 0 Å². The fraction of sp³-hybridized carbons (Fsp3) is 0.133. The average molecular weight is 263 g/mol. The van der Waals surface area contributed by atoms with Gasteiger partial charge in [-0.1, -0.05) is 29.5 Å². The van der Waals surface area contributed by atoms with Crippen molar-refractivity contribution in [2.45, 2.75) is 13.0 Å². The predicted molar refractivity (Wildman–Crippen MR) is 77.4 cm³/mol. The second kappa shape index (κ2) is 4.16. The van der Waals surface area contributed by atoms with Crippen LogP contribution in [0.25, 0.3) is 22.1 Å². The molecule has 2 aromatic carbocycles. The van der Waals surface area contributed by atoms with Crippen LogP contribution in [0.1, 0.15) is 18.8 Å². The molecule has 4 aromatic rings. The quantitative estimate of drug-likeness (QED) is 0.605. The lowest BCUT2D eigenvalue weighted by Gasteiger charge is -2.09. The second-order valence-electron chi connectivity index (χ2n) is 4.84. The summed E-state index contributed by atoms with van der Waals surface area (Å²) < 4.78 is 1.90. The van der Waals surface area contributed by atoms with Crippen LogP contribution in [0.15, 0.2) is 48.5 Å². The summed E-state index contributed by atoms with van der Waals surface area (Å²) in [5, 5.41) is 8.44. The van der Waals surface area contributed by atoms with Gasteiger partial charge in [-0.25, -0.2) is 9.67 Å². The van der Waals surface area contributed by atoms with Crippen molar-refractivity contribution in [3.05, 3.63) is 54.4 Å². The molecule has 20 heavy (non-hydrogen) atoms. The molecule has 0 saturated carbocycles. The summed E-state index contributed by atoms with van der Waals surface area (Å²) in [6, 6.07) is 16.0. The van der Waals surface area contributed by atoms with Crippen LogP contribution in [0.2, 0.25) is 0 Å². The topological polar surface area (TPSA) is 59.4 Å². The number of imidazole rings is 1. The highest BCUT2D eigenvalue weighted by Gasteiger charge is 2.16. The third-order valence-electron chi connectivity index (χ3n) is 3.55. The number of aromatic nitrogens is 5. The molecular formula is C15H13N5. The van der Waals surface area contributed by atoms with E-state index >= 15 is 0 Å². The Balaban J connectivity index is 1.85. The maximum atomic E-state index is 4.63. The number of nitrogens with zero attached hydrogens (tertiary/aromatic N) is 4. The van der Waals surface area contributed by atoms with Crippen molar-refractivity contribution in [2.24, 2.45) is 0 Å². The Morgan fingerprint density at radius 2 is 1.75 bits per heavy atom. The molecule has 0 spiro atoms. The molecule has 1 unspecified atom stereocenters. The van der Waals surface area contributed by atoms with Gasteiger partial charge in [0.1, 0.15) is 17.4 Å². The number of nitrogens with one attached hydrogen (secondary N) is 1. The van der Waals surface area contributed by atoms with Crippen LogP contribution in [0.3, 0.4) is 0 Å². The van der Waals surface area contributed by atoms with E-state index in [2.05, 4.69) is 27.2 Å². The van der Waals surface area contributed by atoms with Crippen molar-refractivity contribution in [3.63, 3.8) is 0 Å². The summed E-state index contributed by atoms with van der Waals surface area (Å²) in [5.74, 6) is 0.891. The summed E-state index contributed by atoms with van der Waals surface area (Å²) in [5.41, 5.74) is 3.92. The lowest BCUT2D eigenvalue weighted by atomic mass is 10.3. The average Bonchev–Trinajstić information content (AvgIpc) is 3.10. The fourth-order valence-electron chi connectivity index (χ4n) is 2.46. The number of H-pyrrole nitrogens is 1. The van der Waals surface area contributed by atoms with Crippen LogP contribution < -0.4 is 0 Å². The molecule has 0 bridgehead atoms. The van der Waals surface area contributed by atoms with Crippen LogP contribution in [0.5, 0.6) is 0 Å². The van der Waals surface area contributed by atoms with E-state index < -0.39 is 0 Å². The zero-order valence-corrected chi connectivity index (χ0v) is 11.0. The number of aromatic amines is 1. The Labute approximate surface area is 115 Å². The van der Waals surface area contributed by atoms with Crippen LogP contribution in [-0.2, 0) is 0 Å². The first-order chi connectivity index (χ1) is 9.83. The zero-order valence-electron chi connectivity index (χ0n) is 11.0. The maximum absolute atomic E-state index is 4.63. The lowest BCUT2D eigenvalue weighted by Crippen LogP contribution is -2.10. The van der Waals surface area contributed by atoms with E-state index in [9.17, 15) is 0 Å². The third kappa shape index (κ3) is 1.60. The smallest absolute Gasteiger partial charge is 0.132 e. The van der Waals surface area contributed by atoms with Gasteiger partial charge >= 0.3 is 0 Å². The summed E-state index contributed by atoms with van der Waals surface area (Å²) >= 11 is 0. The Bertz CT molecular complexity index is 856. The van der Waals surface area contributed by atoms with Gasteiger partial charge in [-0.15, -0.1) is 5.10 Å². The highest BCUT2D eigenvalue weighted by Crippen LogP contribution is 2.21. The van der Waals surface area contributed by atoms with Crippen LogP contribution >= 0.6 is 0 Å². The van der Waals surface area contributed by atoms with Crippen molar-refractivity contribution in [2.75, 3.05) is 0 Å². The minimum atomic E-state index is 0.00907. The predicted octanol–water partition coefficient (Wildman–Crippen LogP) is 2.92. The molecule has 0 aliphatic rings. The summed E-state index contributed by atoms with van der Waals surface area (Å²) in [7, 11) is 0. The number of para-hydroxylation sites is 3. The van der Waals surface area contributed by atoms with Gasteiger partial charge in [0.05, 0.1) is 16.6 Å². The summed E-state index contributed by atoms with van der Waals surface area (Å²) in [4.78, 5) is 7.98. The molecule has 98 valence electrons. The van der Waals surface area contributed by atoms with E-state index in [1.807, 2.05) is 53.2 Å². The molecule has 0 fully saturated rings. The van der Waals surface area contributed by atoms with E-state index in [0.29, 0.717) is 0 Å². The van der Waals surface area contributed by atoms with Gasteiger partial charge in [0.15, 0.2) is 0 Å². The van der Waals surface area contributed by atoms with Crippen molar-refractivity contribution in [1.29, 1.82) is 0 Å². The molecule has 0 radical (unpaired) electrons. The van der Waals surface area contributed by atoms with Gasteiger partial charge in [-0.05, 0) is 31.2 Å². The molecular weight excluding hydrogens is 250 g/mol. The molecule has 1 N–H and O–H groups in total. The van der Waals surface area contributed by atoms with E-state index in [-0.39, 0.29) is 6.04 Å². The largest absolute Gasteiger partial charge is 0.340 e. The minimum absolute atomic E-state index is 0.00907. The van der Waals surface area contributed by atoms with E-state index in [0.717, 1.165) is 27.9 Å². The van der Waals surface area contributed by atoms with Crippen LogP contribution in [0.4, 0.5) is 0 Å². The van der Waals surface area contributed by atoms with Gasteiger partial charge in [0.25, 0.3) is 0 Å². The monoisotopic (exact) mass is 263 g/mol. The molecule has 2 aromatic heterocycles. The Hall–Kier alpha value is -2.69. The number of hydrogen-bond donors (Lipinski definition) is 1. The first kappa shape index (κ1) is 11.2. The van der Waals surface area contributed by atoms with Crippen molar-refractivity contribution < 1.29 is 0 Å². The van der Waals surface area contributed by atoms with Crippen molar-refractivity contribution in [1.82, 2.24) is 25.0 Å². The van der Waals surface area contributed by atoms with E-state index in [4.69, 9.17) is 0 Å². The first-order valence-electron chi connectivity index (χ1n) is 6.57. The molecule has 5 nitrogen and oxygen atoms in total. The van der Waals surface area contributed by atoms with Gasteiger partial charge in [-0.3, -0.25) is 0 Å². The molecule has 0 aliphatic heterocycles.